The van der Waals surface area contributed by atoms with Crippen LogP contribution in [0.4, 0.5) is 0 Å². The molecule has 7 nitrogen and oxygen atoms in total. The number of hydrogen-bond acceptors (Lipinski definition) is 6. The molecule has 14 heavy (non-hydrogen) atoms. The maximum atomic E-state index is 8.67. The van der Waals surface area contributed by atoms with Gasteiger partial charge < -0.3 is 15.3 Å². The normalized spacial score (nSPS) is 9.50. The van der Waals surface area contributed by atoms with E-state index >= 15 is 0 Å². The van der Waals surface area contributed by atoms with Gasteiger partial charge in [-0.15, -0.1) is 0 Å². The van der Waals surface area contributed by atoms with Gasteiger partial charge in [-0.25, -0.2) is 0 Å². The van der Waals surface area contributed by atoms with Crippen LogP contribution in [0, 0.1) is 0 Å². The Hall–Kier alpha value is -0.0156. The zero-order chi connectivity index (χ0) is 11.4. The quantitative estimate of drug-likeness (QED) is 0.410. The molecular formula is C6H16NO6V. The zero-order valence-electron chi connectivity index (χ0n) is 7.74. The van der Waals surface area contributed by atoms with Crippen molar-refractivity contribution < 1.29 is 42.1 Å². The first-order valence-corrected chi connectivity index (χ1v) is 5.73. The first kappa shape index (κ1) is 16.4. The molecule has 0 aliphatic heterocycles. The fourth-order valence-electron chi connectivity index (χ4n) is 0.760. The van der Waals surface area contributed by atoms with Gasteiger partial charge in [-0.05, 0) is 0 Å². The molecular weight excluding hydrogens is 233 g/mol. The number of hydrogen-bond donors (Lipinski definition) is 4. The van der Waals surface area contributed by atoms with Crippen molar-refractivity contribution in [2.75, 3.05) is 39.5 Å². The molecule has 0 saturated carbocycles. The Labute approximate surface area is 87.0 Å². The van der Waals surface area contributed by atoms with Crippen LogP contribution in [0.3, 0.4) is 0 Å². The molecule has 0 rings (SSSR count). The summed E-state index contributed by atoms with van der Waals surface area (Å²) in [5, 5.41) is 25.5. The van der Waals surface area contributed by atoms with Crippen LogP contribution in [-0.2, 0) is 22.7 Å². The average Bonchev–Trinajstić information content (AvgIpc) is 2.04. The van der Waals surface area contributed by atoms with Crippen molar-refractivity contribution in [2.24, 2.45) is 0 Å². The average molecular weight is 249 g/mol. The molecule has 0 aromatic rings. The second-order valence-corrected chi connectivity index (χ2v) is 2.99. The minimum atomic E-state index is -3.69. The van der Waals surface area contributed by atoms with E-state index in [-0.39, 0.29) is 19.8 Å². The van der Waals surface area contributed by atoms with Crippen LogP contribution in [0.1, 0.15) is 0 Å². The molecule has 4 N–H and O–H groups in total. The van der Waals surface area contributed by atoms with Gasteiger partial charge in [-0.3, -0.25) is 4.90 Å². The molecule has 0 bridgehead atoms. The van der Waals surface area contributed by atoms with Gasteiger partial charge in [-0.2, -0.15) is 0 Å². The number of nitrogens with zero attached hydrogens (tertiary/aromatic N) is 1. The fourth-order valence-corrected chi connectivity index (χ4v) is 0.760. The summed E-state index contributed by atoms with van der Waals surface area (Å²) in [5.74, 6) is 0. The summed E-state index contributed by atoms with van der Waals surface area (Å²) < 4.78 is 24.4. The molecule has 0 heterocycles. The van der Waals surface area contributed by atoms with Gasteiger partial charge in [0.1, 0.15) is 0 Å². The van der Waals surface area contributed by atoms with Gasteiger partial charge in [-0.1, -0.05) is 0 Å². The molecule has 0 aliphatic carbocycles. The van der Waals surface area contributed by atoms with Crippen molar-refractivity contribution in [3.8, 4) is 0 Å². The summed E-state index contributed by atoms with van der Waals surface area (Å²) in [5.41, 5.74) is 0. The molecule has 8 heteroatoms. The Kier molecular flexibility index (Phi) is 15.2. The van der Waals surface area contributed by atoms with E-state index < -0.39 is 15.4 Å². The Morgan fingerprint density at radius 1 is 0.857 bits per heavy atom. The van der Waals surface area contributed by atoms with Crippen molar-refractivity contribution in [2.45, 2.75) is 0 Å². The van der Waals surface area contributed by atoms with E-state index in [0.29, 0.717) is 19.6 Å². The zero-order valence-corrected chi connectivity index (χ0v) is 9.14. The van der Waals surface area contributed by atoms with Gasteiger partial charge >= 0.3 is 26.8 Å². The third kappa shape index (κ3) is 17.9. The molecule has 0 aliphatic rings. The third-order valence-electron chi connectivity index (χ3n) is 1.25. The first-order valence-electron chi connectivity index (χ1n) is 3.96. The molecule has 0 radical (unpaired) electrons. The molecule has 0 aromatic carbocycles. The summed E-state index contributed by atoms with van der Waals surface area (Å²) in [6, 6.07) is 0. The van der Waals surface area contributed by atoms with E-state index in [9.17, 15) is 0 Å². The Morgan fingerprint density at radius 3 is 1.21 bits per heavy atom. The van der Waals surface area contributed by atoms with Crippen LogP contribution >= 0.6 is 0 Å². The third-order valence-corrected chi connectivity index (χ3v) is 1.25. The molecule has 0 fully saturated rings. The van der Waals surface area contributed by atoms with Crippen molar-refractivity contribution in [1.82, 2.24) is 4.90 Å². The van der Waals surface area contributed by atoms with Gasteiger partial charge in [0.25, 0.3) is 0 Å². The number of rotatable bonds is 6. The predicted octanol–water partition coefficient (Wildman–Crippen LogP) is -2.53. The van der Waals surface area contributed by atoms with Crippen LogP contribution in [0.5, 0.6) is 0 Å². The van der Waals surface area contributed by atoms with Gasteiger partial charge in [0.2, 0.25) is 0 Å². The van der Waals surface area contributed by atoms with E-state index in [1.165, 1.54) is 0 Å². The van der Waals surface area contributed by atoms with Crippen LogP contribution in [0.15, 0.2) is 0 Å². The standard InChI is InChI=1S/C6H15NO3.H2O.2O.V/c8-4-1-7(2-5-9)3-6-10;;;;/h8-10H,1-6H2;1H2;;;/q;;;;+1/p-1. The Morgan fingerprint density at radius 2 is 1.07 bits per heavy atom. The fraction of sp³-hybridized carbons (Fsp3) is 1.00. The number of aliphatic hydroxyl groups is 3. The van der Waals surface area contributed by atoms with Crippen molar-refractivity contribution >= 4 is 0 Å². The van der Waals surface area contributed by atoms with Gasteiger partial charge in [0.05, 0.1) is 19.8 Å². The molecule has 0 atom stereocenters. The monoisotopic (exact) mass is 249 g/mol. The number of aliphatic hydroxyl groups excluding tert-OH is 3. The predicted molar refractivity (Wildman–Crippen MR) is 41.3 cm³/mol. The minimum absolute atomic E-state index is 0.0694. The summed E-state index contributed by atoms with van der Waals surface area (Å²) in [4.78, 5) is 1.79. The summed E-state index contributed by atoms with van der Waals surface area (Å²) in [6.07, 6.45) is 0. The van der Waals surface area contributed by atoms with Crippen LogP contribution in [0.2, 0.25) is 0 Å². The maximum absolute atomic E-state index is 8.67. The molecule has 0 amide bonds. The van der Waals surface area contributed by atoms with Gasteiger partial charge in [0.15, 0.2) is 0 Å². The molecule has 0 unspecified atom stereocenters. The van der Waals surface area contributed by atoms with E-state index in [4.69, 9.17) is 26.7 Å². The summed E-state index contributed by atoms with van der Waals surface area (Å²) in [7, 11) is 0. The van der Waals surface area contributed by atoms with Gasteiger partial charge in [0, 0.05) is 19.6 Å². The van der Waals surface area contributed by atoms with Crippen LogP contribution in [-0.4, -0.2) is 63.7 Å². The SMILES string of the molecule is OCCN(CCO)CCO.[O]=[V](=[O])[OH]. The summed E-state index contributed by atoms with van der Waals surface area (Å²) >= 11 is -3.69. The second kappa shape index (κ2) is 13.0. The van der Waals surface area contributed by atoms with E-state index in [0.717, 1.165) is 0 Å². The van der Waals surface area contributed by atoms with Crippen molar-refractivity contribution in [3.63, 3.8) is 0 Å². The molecule has 86 valence electrons. The molecule has 0 aromatic heterocycles. The Bertz CT molecular complexity index is 151. The van der Waals surface area contributed by atoms with Crippen LogP contribution in [0.25, 0.3) is 0 Å². The Balaban J connectivity index is 0. The van der Waals surface area contributed by atoms with Crippen molar-refractivity contribution in [1.29, 1.82) is 0 Å². The van der Waals surface area contributed by atoms with E-state index in [1.807, 2.05) is 0 Å². The second-order valence-electron chi connectivity index (χ2n) is 2.25. The van der Waals surface area contributed by atoms with Crippen LogP contribution < -0.4 is 0 Å². The molecule has 0 saturated heterocycles. The topological polar surface area (TPSA) is 118 Å². The molecule has 0 spiro atoms. The van der Waals surface area contributed by atoms with Crippen molar-refractivity contribution in [3.05, 3.63) is 0 Å². The summed E-state index contributed by atoms with van der Waals surface area (Å²) in [6.45, 7) is 1.75. The van der Waals surface area contributed by atoms with E-state index in [1.54, 1.807) is 4.90 Å². The van der Waals surface area contributed by atoms with E-state index in [2.05, 4.69) is 0 Å². The first-order chi connectivity index (χ1) is 6.58.